The van der Waals surface area contributed by atoms with Crippen molar-refractivity contribution in [3.05, 3.63) is 11.6 Å². The fraction of sp³-hybridized carbons (Fsp3) is 0.923. The molecule has 1 heteroatoms. The van der Waals surface area contributed by atoms with Crippen molar-refractivity contribution >= 4 is 0 Å². The lowest BCUT2D eigenvalue weighted by Crippen LogP contribution is -2.51. The van der Waals surface area contributed by atoms with Crippen LogP contribution in [0.25, 0.3) is 0 Å². The molecule has 4 rings (SSSR count). The van der Waals surface area contributed by atoms with Crippen molar-refractivity contribution in [1.29, 1.82) is 0 Å². The number of hydrogen-bond acceptors (Lipinski definition) is 1. The van der Waals surface area contributed by atoms with E-state index in [1.807, 2.05) is 0 Å². The van der Waals surface area contributed by atoms with Crippen molar-refractivity contribution in [2.75, 3.05) is 0 Å². The molecule has 0 bridgehead atoms. The van der Waals surface area contributed by atoms with Crippen molar-refractivity contribution in [2.24, 2.45) is 46.2 Å². The summed E-state index contributed by atoms with van der Waals surface area (Å²) in [5, 5.41) is 0. The maximum atomic E-state index is 6.33. The summed E-state index contributed by atoms with van der Waals surface area (Å²) in [6.07, 6.45) is 19.7. The summed E-state index contributed by atoms with van der Waals surface area (Å²) in [4.78, 5) is 0. The van der Waals surface area contributed by atoms with Crippen LogP contribution in [0.15, 0.2) is 11.6 Å². The topological polar surface area (TPSA) is 26.0 Å². The highest BCUT2D eigenvalue weighted by Crippen LogP contribution is 2.66. The van der Waals surface area contributed by atoms with Gasteiger partial charge in [-0.3, -0.25) is 0 Å². The van der Waals surface area contributed by atoms with Gasteiger partial charge >= 0.3 is 0 Å². The van der Waals surface area contributed by atoms with E-state index < -0.39 is 0 Å². The van der Waals surface area contributed by atoms with Crippen LogP contribution in [-0.2, 0) is 0 Å². The molecule has 0 aromatic carbocycles. The highest BCUT2D eigenvalue weighted by atomic mass is 14.7. The van der Waals surface area contributed by atoms with Gasteiger partial charge in [0.2, 0.25) is 0 Å². The Balaban J connectivity index is 1.46. The number of fused-ring (bicyclic) bond motifs is 5. The van der Waals surface area contributed by atoms with Gasteiger partial charge in [-0.1, -0.05) is 58.6 Å². The van der Waals surface area contributed by atoms with Gasteiger partial charge in [-0.2, -0.15) is 0 Å². The molecule has 3 fully saturated rings. The number of hydrogen-bond donors (Lipinski definition) is 1. The molecule has 2 N–H and O–H groups in total. The third kappa shape index (κ3) is 3.45. The van der Waals surface area contributed by atoms with Crippen molar-refractivity contribution in [3.63, 3.8) is 0 Å². The zero-order valence-electron chi connectivity index (χ0n) is 18.6. The van der Waals surface area contributed by atoms with Crippen LogP contribution >= 0.6 is 0 Å². The lowest BCUT2D eigenvalue weighted by Gasteiger charge is -2.58. The van der Waals surface area contributed by atoms with Crippen LogP contribution in [-0.4, -0.2) is 6.04 Å². The van der Waals surface area contributed by atoms with E-state index in [0.29, 0.717) is 16.9 Å². The average Bonchev–Trinajstić information content (AvgIpc) is 2.96. The summed E-state index contributed by atoms with van der Waals surface area (Å²) in [5.74, 6) is 4.79. The molecular formula is C26H45N. The number of rotatable bonds is 5. The molecule has 0 amide bonds. The third-order valence-corrected chi connectivity index (χ3v) is 9.92. The zero-order chi connectivity index (χ0) is 19.2. The highest BCUT2D eigenvalue weighted by Gasteiger charge is 2.58. The van der Waals surface area contributed by atoms with Gasteiger partial charge in [0, 0.05) is 6.04 Å². The quantitative estimate of drug-likeness (QED) is 0.404. The van der Waals surface area contributed by atoms with Gasteiger partial charge in [0.15, 0.2) is 0 Å². The number of unbranched alkanes of at least 4 members (excludes halogenated alkanes) is 1. The Morgan fingerprint density at radius 3 is 2.63 bits per heavy atom. The number of allylic oxidation sites excluding steroid dienone is 1. The normalized spacial score (nSPS) is 46.6. The predicted octanol–water partition coefficient (Wildman–Crippen LogP) is 7.11. The molecule has 3 saturated carbocycles. The summed E-state index contributed by atoms with van der Waals surface area (Å²) < 4.78 is 0. The van der Waals surface area contributed by atoms with E-state index in [4.69, 9.17) is 5.73 Å². The second-order valence-corrected chi connectivity index (χ2v) is 11.8. The second-order valence-electron chi connectivity index (χ2n) is 11.8. The Labute approximate surface area is 168 Å². The molecule has 0 radical (unpaired) electrons. The Morgan fingerprint density at radius 1 is 1.04 bits per heavy atom. The van der Waals surface area contributed by atoms with Crippen LogP contribution in [0.2, 0.25) is 0 Å². The smallest absolute Gasteiger partial charge is 0.00766 e. The van der Waals surface area contributed by atoms with Crippen LogP contribution in [0.5, 0.6) is 0 Å². The van der Waals surface area contributed by atoms with Gasteiger partial charge in [-0.25, -0.2) is 0 Å². The summed E-state index contributed by atoms with van der Waals surface area (Å²) in [6.45, 7) is 10.1. The largest absolute Gasteiger partial charge is 0.327 e. The molecule has 4 aliphatic rings. The van der Waals surface area contributed by atoms with Gasteiger partial charge in [-0.05, 0) is 98.2 Å². The molecule has 0 saturated heterocycles. The van der Waals surface area contributed by atoms with Crippen LogP contribution in [0, 0.1) is 40.4 Å². The molecule has 27 heavy (non-hydrogen) atoms. The van der Waals surface area contributed by atoms with Crippen molar-refractivity contribution in [3.8, 4) is 0 Å². The molecule has 1 nitrogen and oxygen atoms in total. The van der Waals surface area contributed by atoms with E-state index in [-0.39, 0.29) is 0 Å². The summed E-state index contributed by atoms with van der Waals surface area (Å²) in [5.41, 5.74) is 9.20. The standard InChI is InChI=1S/C26H45N/c1-18(2)7-5-6-8-19-10-12-23-22-11-9-20-17-21(27)13-15-26(20,4)24(22)14-16-25(19,23)3/h9,18-19,21-24H,5-8,10-17,27H2,1-4H3. The average molecular weight is 372 g/mol. The molecule has 0 aliphatic heterocycles. The van der Waals surface area contributed by atoms with Crippen LogP contribution < -0.4 is 5.73 Å². The van der Waals surface area contributed by atoms with Gasteiger partial charge < -0.3 is 5.73 Å². The lowest BCUT2D eigenvalue weighted by molar-refractivity contribution is -0.0434. The lowest BCUT2D eigenvalue weighted by atomic mass is 9.47. The third-order valence-electron chi connectivity index (χ3n) is 9.92. The first-order valence-corrected chi connectivity index (χ1v) is 12.3. The Hall–Kier alpha value is -0.300. The second kappa shape index (κ2) is 7.51. The molecule has 0 aromatic rings. The molecule has 0 heterocycles. The van der Waals surface area contributed by atoms with E-state index in [1.165, 1.54) is 77.0 Å². The summed E-state index contributed by atoms with van der Waals surface area (Å²) in [7, 11) is 0. The van der Waals surface area contributed by atoms with E-state index in [0.717, 1.165) is 29.6 Å². The van der Waals surface area contributed by atoms with E-state index >= 15 is 0 Å². The predicted molar refractivity (Wildman–Crippen MR) is 116 cm³/mol. The van der Waals surface area contributed by atoms with E-state index in [9.17, 15) is 0 Å². The summed E-state index contributed by atoms with van der Waals surface area (Å²) >= 11 is 0. The number of nitrogens with two attached hydrogens (primary N) is 1. The molecule has 0 spiro atoms. The molecule has 4 aliphatic carbocycles. The minimum atomic E-state index is 0.427. The monoisotopic (exact) mass is 371 g/mol. The molecule has 0 aromatic heterocycles. The minimum absolute atomic E-state index is 0.427. The first kappa shape index (κ1) is 20.0. The van der Waals surface area contributed by atoms with Gasteiger partial charge in [0.05, 0.1) is 0 Å². The maximum absolute atomic E-state index is 6.33. The zero-order valence-corrected chi connectivity index (χ0v) is 18.6. The molecule has 154 valence electrons. The fourth-order valence-electron chi connectivity index (χ4n) is 8.22. The van der Waals surface area contributed by atoms with Gasteiger partial charge in [-0.15, -0.1) is 0 Å². The maximum Gasteiger partial charge on any atom is 0.00766 e. The van der Waals surface area contributed by atoms with Crippen LogP contribution in [0.3, 0.4) is 0 Å². The van der Waals surface area contributed by atoms with Crippen LogP contribution in [0.4, 0.5) is 0 Å². The van der Waals surface area contributed by atoms with Crippen molar-refractivity contribution in [1.82, 2.24) is 0 Å². The first-order valence-electron chi connectivity index (χ1n) is 12.3. The summed E-state index contributed by atoms with van der Waals surface area (Å²) in [6, 6.07) is 0.427. The Kier molecular flexibility index (Phi) is 5.56. The SMILES string of the molecule is CC(C)CCCCC1CCC2C3CC=C4CC(N)CCC4(C)C3CCC12C. The fourth-order valence-corrected chi connectivity index (χ4v) is 8.22. The molecule has 7 atom stereocenters. The highest BCUT2D eigenvalue weighted by molar-refractivity contribution is 5.25. The van der Waals surface area contributed by atoms with E-state index in [2.05, 4.69) is 33.8 Å². The van der Waals surface area contributed by atoms with Gasteiger partial charge in [0.1, 0.15) is 0 Å². The Bertz CT molecular complexity index is 563. The molecular weight excluding hydrogens is 326 g/mol. The Morgan fingerprint density at radius 2 is 1.85 bits per heavy atom. The van der Waals surface area contributed by atoms with E-state index in [1.54, 1.807) is 5.57 Å². The van der Waals surface area contributed by atoms with Gasteiger partial charge in [0.25, 0.3) is 0 Å². The first-order chi connectivity index (χ1) is 12.8. The minimum Gasteiger partial charge on any atom is -0.327 e. The van der Waals surface area contributed by atoms with Crippen molar-refractivity contribution < 1.29 is 0 Å². The van der Waals surface area contributed by atoms with Crippen LogP contribution in [0.1, 0.15) is 105 Å². The van der Waals surface area contributed by atoms with Crippen molar-refractivity contribution in [2.45, 2.75) is 111 Å². The molecule has 7 unspecified atom stereocenters.